The first-order chi connectivity index (χ1) is 15.2. The highest BCUT2D eigenvalue weighted by Gasteiger charge is 2.64. The highest BCUT2D eigenvalue weighted by molar-refractivity contribution is 5.95. The number of rotatable bonds is 0. The SMILES string of the molecule is CC1(C)[C@H](O)CC[C@]2(C)[C@@H]1CC[C@@]1(C)CC3=CC(=O)[C@H]4C(C)(C)[C@@H](O)CC[C@]4(C)[C@@H]3CC[C@@H]12. The molecule has 3 nitrogen and oxygen atoms in total. The molecule has 5 rings (SSSR count). The van der Waals surface area contributed by atoms with Crippen molar-refractivity contribution in [1.29, 1.82) is 0 Å². The second-order valence-electron chi connectivity index (χ2n) is 14.9. The van der Waals surface area contributed by atoms with E-state index in [1.807, 2.05) is 6.08 Å². The van der Waals surface area contributed by atoms with Crippen LogP contribution in [0.2, 0.25) is 0 Å². The standard InChI is InChI=1S/C30H48O3/c1-26(2)21-10-13-28(5)17-18-16-20(31)25-27(3,4)24(33)11-14-29(25,6)19(18)8-9-22(28)30(21,7)15-12-23(26)32/h16,19,21-25,32-33H,8-15,17H2,1-7H3/t19-,21-,22+,23-,24+,25+,28+,29-,30-/m1/s1. The van der Waals surface area contributed by atoms with Crippen molar-refractivity contribution in [3.8, 4) is 0 Å². The zero-order valence-corrected chi connectivity index (χ0v) is 22.2. The van der Waals surface area contributed by atoms with Gasteiger partial charge < -0.3 is 10.2 Å². The lowest BCUT2D eigenvalue weighted by molar-refractivity contribution is -0.170. The monoisotopic (exact) mass is 456 g/mol. The maximum atomic E-state index is 13.6. The Morgan fingerprint density at radius 3 is 2.00 bits per heavy atom. The summed E-state index contributed by atoms with van der Waals surface area (Å²) in [5.74, 6) is 1.86. The van der Waals surface area contributed by atoms with Crippen molar-refractivity contribution in [2.24, 2.45) is 50.7 Å². The number of aliphatic hydroxyl groups excluding tert-OH is 2. The molecule has 5 aliphatic rings. The molecule has 0 radical (unpaired) electrons. The molecule has 3 heteroatoms. The number of fused-ring (bicyclic) bond motifs is 6. The molecule has 5 aliphatic carbocycles. The molecule has 4 fully saturated rings. The molecule has 186 valence electrons. The van der Waals surface area contributed by atoms with Crippen molar-refractivity contribution < 1.29 is 15.0 Å². The fourth-order valence-electron chi connectivity index (χ4n) is 10.9. The average Bonchev–Trinajstić information content (AvgIpc) is 2.85. The van der Waals surface area contributed by atoms with Crippen LogP contribution in [0.5, 0.6) is 0 Å². The Labute approximate surface area is 201 Å². The van der Waals surface area contributed by atoms with E-state index in [0.717, 1.165) is 32.1 Å². The molecular weight excluding hydrogens is 408 g/mol. The zero-order valence-electron chi connectivity index (χ0n) is 22.2. The topological polar surface area (TPSA) is 57.5 Å². The Kier molecular flexibility index (Phi) is 5.24. The second kappa shape index (κ2) is 7.19. The molecule has 0 aromatic rings. The molecular formula is C30H48O3. The Balaban J connectivity index is 1.54. The Hall–Kier alpha value is -0.670. The van der Waals surface area contributed by atoms with Crippen LogP contribution in [0.15, 0.2) is 11.6 Å². The molecule has 0 aromatic heterocycles. The van der Waals surface area contributed by atoms with Crippen LogP contribution in [0.4, 0.5) is 0 Å². The van der Waals surface area contributed by atoms with Crippen LogP contribution in [0, 0.1) is 50.7 Å². The molecule has 0 spiro atoms. The summed E-state index contributed by atoms with van der Waals surface area (Å²) in [5, 5.41) is 21.7. The van der Waals surface area contributed by atoms with Crippen LogP contribution in [-0.2, 0) is 4.79 Å². The maximum Gasteiger partial charge on any atom is 0.159 e. The van der Waals surface area contributed by atoms with Gasteiger partial charge in [-0.25, -0.2) is 0 Å². The van der Waals surface area contributed by atoms with Gasteiger partial charge >= 0.3 is 0 Å². The molecule has 0 saturated heterocycles. The van der Waals surface area contributed by atoms with Crippen molar-refractivity contribution in [2.45, 2.75) is 118 Å². The predicted molar refractivity (Wildman–Crippen MR) is 132 cm³/mol. The van der Waals surface area contributed by atoms with Crippen molar-refractivity contribution >= 4 is 5.78 Å². The van der Waals surface area contributed by atoms with E-state index in [4.69, 9.17) is 0 Å². The van der Waals surface area contributed by atoms with E-state index >= 15 is 0 Å². The van der Waals surface area contributed by atoms with Gasteiger partial charge in [-0.1, -0.05) is 54.0 Å². The van der Waals surface area contributed by atoms with Gasteiger partial charge in [-0.3, -0.25) is 4.79 Å². The number of carbonyl (C=O) groups is 1. The lowest BCUT2D eigenvalue weighted by Gasteiger charge is -2.63. The van der Waals surface area contributed by atoms with Crippen LogP contribution >= 0.6 is 0 Å². The summed E-state index contributed by atoms with van der Waals surface area (Å²) in [6, 6.07) is 0. The quantitative estimate of drug-likeness (QED) is 0.448. The van der Waals surface area contributed by atoms with E-state index in [1.54, 1.807) is 0 Å². The van der Waals surface area contributed by atoms with E-state index < -0.39 is 6.10 Å². The van der Waals surface area contributed by atoms with Gasteiger partial charge in [0.15, 0.2) is 5.78 Å². The fourth-order valence-corrected chi connectivity index (χ4v) is 10.9. The molecule has 9 atom stereocenters. The summed E-state index contributed by atoms with van der Waals surface area (Å²) >= 11 is 0. The molecule has 0 unspecified atom stereocenters. The number of allylic oxidation sites excluding steroid dienone is 2. The molecule has 0 aromatic carbocycles. The second-order valence-corrected chi connectivity index (χ2v) is 14.9. The fraction of sp³-hybridized carbons (Fsp3) is 0.900. The minimum absolute atomic E-state index is 0.0246. The largest absolute Gasteiger partial charge is 0.393 e. The van der Waals surface area contributed by atoms with Gasteiger partial charge in [-0.05, 0) is 103 Å². The first-order valence-corrected chi connectivity index (χ1v) is 13.8. The van der Waals surface area contributed by atoms with E-state index in [0.29, 0.717) is 17.8 Å². The molecule has 0 heterocycles. The van der Waals surface area contributed by atoms with Gasteiger partial charge in [0.2, 0.25) is 0 Å². The van der Waals surface area contributed by atoms with Gasteiger partial charge in [0, 0.05) is 11.3 Å². The lowest BCUT2D eigenvalue weighted by Crippen LogP contribution is -2.58. The van der Waals surface area contributed by atoms with Gasteiger partial charge in [0.1, 0.15) is 0 Å². The third-order valence-electron chi connectivity index (χ3n) is 12.6. The summed E-state index contributed by atoms with van der Waals surface area (Å²) in [4.78, 5) is 13.6. The minimum Gasteiger partial charge on any atom is -0.393 e. The van der Waals surface area contributed by atoms with Crippen LogP contribution < -0.4 is 0 Å². The highest BCUT2D eigenvalue weighted by Crippen LogP contribution is 2.70. The Morgan fingerprint density at radius 2 is 1.33 bits per heavy atom. The van der Waals surface area contributed by atoms with Gasteiger partial charge in [0.05, 0.1) is 12.2 Å². The normalized spacial score (nSPS) is 53.0. The predicted octanol–water partition coefficient (Wildman–Crippen LogP) is 6.32. The number of aliphatic hydroxyl groups is 2. The summed E-state index contributed by atoms with van der Waals surface area (Å²) < 4.78 is 0. The van der Waals surface area contributed by atoms with E-state index in [1.165, 1.54) is 31.3 Å². The van der Waals surface area contributed by atoms with Gasteiger partial charge in [-0.2, -0.15) is 0 Å². The third-order valence-corrected chi connectivity index (χ3v) is 12.6. The van der Waals surface area contributed by atoms with Crippen LogP contribution in [-0.4, -0.2) is 28.2 Å². The molecule has 0 amide bonds. The minimum atomic E-state index is -0.393. The highest BCUT2D eigenvalue weighted by atomic mass is 16.3. The first-order valence-electron chi connectivity index (χ1n) is 13.8. The van der Waals surface area contributed by atoms with Crippen molar-refractivity contribution in [2.75, 3.05) is 0 Å². The third kappa shape index (κ3) is 3.09. The van der Waals surface area contributed by atoms with Crippen molar-refractivity contribution in [3.63, 3.8) is 0 Å². The smallest absolute Gasteiger partial charge is 0.159 e. The lowest BCUT2D eigenvalue weighted by atomic mass is 9.42. The zero-order chi connectivity index (χ0) is 24.2. The van der Waals surface area contributed by atoms with Crippen molar-refractivity contribution in [3.05, 3.63) is 11.6 Å². The van der Waals surface area contributed by atoms with E-state index in [-0.39, 0.29) is 44.9 Å². The van der Waals surface area contributed by atoms with E-state index in [9.17, 15) is 15.0 Å². The molecule has 4 saturated carbocycles. The summed E-state index contributed by atoms with van der Waals surface area (Å²) in [5.41, 5.74) is 1.48. The Bertz CT molecular complexity index is 870. The summed E-state index contributed by atoms with van der Waals surface area (Å²) in [7, 11) is 0. The molecule has 33 heavy (non-hydrogen) atoms. The number of carbonyl (C=O) groups excluding carboxylic acids is 1. The number of hydrogen-bond donors (Lipinski definition) is 2. The van der Waals surface area contributed by atoms with Gasteiger partial charge in [-0.15, -0.1) is 0 Å². The van der Waals surface area contributed by atoms with E-state index in [2.05, 4.69) is 48.5 Å². The average molecular weight is 457 g/mol. The van der Waals surface area contributed by atoms with Crippen LogP contribution in [0.1, 0.15) is 106 Å². The molecule has 0 aliphatic heterocycles. The molecule has 0 bridgehead atoms. The summed E-state index contributed by atoms with van der Waals surface area (Å²) in [6.07, 6.45) is 11.1. The number of ketones is 1. The number of hydrogen-bond acceptors (Lipinski definition) is 3. The summed E-state index contributed by atoms with van der Waals surface area (Å²) in [6.45, 7) is 16.3. The van der Waals surface area contributed by atoms with Crippen LogP contribution in [0.25, 0.3) is 0 Å². The van der Waals surface area contributed by atoms with Gasteiger partial charge in [0.25, 0.3) is 0 Å². The molecule has 2 N–H and O–H groups in total. The van der Waals surface area contributed by atoms with Crippen LogP contribution in [0.3, 0.4) is 0 Å². The van der Waals surface area contributed by atoms with Crippen molar-refractivity contribution in [1.82, 2.24) is 0 Å². The Morgan fingerprint density at radius 1 is 0.727 bits per heavy atom. The maximum absolute atomic E-state index is 13.6. The first kappa shape index (κ1) is 24.0.